The van der Waals surface area contributed by atoms with E-state index in [1.165, 1.54) is 13.0 Å². The second-order valence-electron chi connectivity index (χ2n) is 9.66. The molecule has 0 radical (unpaired) electrons. The lowest BCUT2D eigenvalue weighted by Crippen LogP contribution is -2.51. The van der Waals surface area contributed by atoms with Crippen molar-refractivity contribution in [1.29, 1.82) is 0 Å². The van der Waals surface area contributed by atoms with Gasteiger partial charge in [0.25, 0.3) is 0 Å². The Balaban J connectivity index is 1.57. The molecular formula is C25H32O8. The Morgan fingerprint density at radius 2 is 1.94 bits per heavy atom. The minimum Gasteiger partial charge on any atom is -0.462 e. The van der Waals surface area contributed by atoms with Gasteiger partial charge in [0.2, 0.25) is 11.6 Å². The summed E-state index contributed by atoms with van der Waals surface area (Å²) in [6.07, 6.45) is 8.60. The van der Waals surface area contributed by atoms with Crippen molar-refractivity contribution < 1.29 is 38.1 Å². The smallest absolute Gasteiger partial charge is 0.333 e. The van der Waals surface area contributed by atoms with E-state index < -0.39 is 47.2 Å². The van der Waals surface area contributed by atoms with Crippen LogP contribution in [0.3, 0.4) is 0 Å². The Labute approximate surface area is 193 Å². The van der Waals surface area contributed by atoms with Crippen LogP contribution in [0.1, 0.15) is 72.1 Å². The largest absolute Gasteiger partial charge is 0.462 e. The van der Waals surface area contributed by atoms with Crippen molar-refractivity contribution in [3.63, 3.8) is 0 Å². The molecule has 0 bridgehead atoms. The van der Waals surface area contributed by atoms with E-state index in [0.29, 0.717) is 18.4 Å². The van der Waals surface area contributed by atoms with Crippen molar-refractivity contribution in [3.8, 4) is 0 Å². The van der Waals surface area contributed by atoms with E-state index in [1.807, 2.05) is 0 Å². The molecule has 1 aliphatic carbocycles. The van der Waals surface area contributed by atoms with Crippen molar-refractivity contribution >= 4 is 23.7 Å². The molecule has 8 heteroatoms. The first-order chi connectivity index (χ1) is 15.7. The minimum atomic E-state index is -1.32. The average molecular weight is 461 g/mol. The van der Waals surface area contributed by atoms with E-state index in [2.05, 4.69) is 6.92 Å². The fraction of sp³-hybridized carbons (Fsp3) is 0.680. The summed E-state index contributed by atoms with van der Waals surface area (Å²) in [5.74, 6) is -4.10. The van der Waals surface area contributed by atoms with Crippen LogP contribution in [-0.2, 0) is 38.1 Å². The Morgan fingerprint density at radius 3 is 2.61 bits per heavy atom. The molecule has 33 heavy (non-hydrogen) atoms. The molecule has 1 saturated heterocycles. The SMILES string of the molecule is CCCCCCCC(OC(C)=O)[C@H]1C(=O)O[C@@]2(C)C(=O)C3=C(C[C@H]12)C[C@@]1(C=CC(=O)O1)OC3. The Hall–Kier alpha value is -2.48. The highest BCUT2D eigenvalue weighted by atomic mass is 16.7. The number of carbonyl (C=O) groups excluding carboxylic acids is 4. The van der Waals surface area contributed by atoms with Crippen LogP contribution < -0.4 is 0 Å². The number of fused-ring (bicyclic) bond motifs is 1. The van der Waals surface area contributed by atoms with Gasteiger partial charge in [0.15, 0.2) is 5.60 Å². The van der Waals surface area contributed by atoms with E-state index in [0.717, 1.165) is 37.7 Å². The van der Waals surface area contributed by atoms with Gasteiger partial charge >= 0.3 is 17.9 Å². The molecule has 0 aromatic rings. The maximum absolute atomic E-state index is 13.5. The van der Waals surface area contributed by atoms with Crippen molar-refractivity contribution in [2.24, 2.45) is 11.8 Å². The second-order valence-corrected chi connectivity index (χ2v) is 9.66. The van der Waals surface area contributed by atoms with Crippen LogP contribution in [0.4, 0.5) is 0 Å². The number of esters is 3. The fourth-order valence-corrected chi connectivity index (χ4v) is 5.62. The summed E-state index contributed by atoms with van der Waals surface area (Å²) in [5.41, 5.74) is -0.0364. The van der Waals surface area contributed by atoms with Crippen LogP contribution in [0.5, 0.6) is 0 Å². The Kier molecular flexibility index (Phi) is 6.49. The molecule has 8 nitrogen and oxygen atoms in total. The summed E-state index contributed by atoms with van der Waals surface area (Å²) in [4.78, 5) is 50.0. The predicted octanol–water partition coefficient (Wildman–Crippen LogP) is 3.33. The monoisotopic (exact) mass is 460 g/mol. The zero-order valence-corrected chi connectivity index (χ0v) is 19.5. The number of Topliss-reactive ketones (excluding diaryl/α,β-unsaturated/α-hetero) is 1. The van der Waals surface area contributed by atoms with Crippen LogP contribution >= 0.6 is 0 Å². The number of unbranched alkanes of at least 4 members (excludes halogenated alkanes) is 4. The highest BCUT2D eigenvalue weighted by Gasteiger charge is 2.63. The molecule has 1 unspecified atom stereocenters. The number of ketones is 1. The van der Waals surface area contributed by atoms with Crippen LogP contribution in [0.15, 0.2) is 23.3 Å². The number of hydrogen-bond acceptors (Lipinski definition) is 8. The normalized spacial score (nSPS) is 33.6. The average Bonchev–Trinajstić information content (AvgIpc) is 3.23. The van der Waals surface area contributed by atoms with Gasteiger partial charge in [-0.2, -0.15) is 0 Å². The lowest BCUT2D eigenvalue weighted by atomic mass is 9.66. The number of rotatable bonds is 8. The number of ether oxygens (including phenoxy) is 4. The molecule has 4 aliphatic rings. The molecule has 0 amide bonds. The first kappa shape index (κ1) is 23.7. The third-order valence-electron chi connectivity index (χ3n) is 7.32. The van der Waals surface area contributed by atoms with Crippen molar-refractivity contribution in [2.75, 3.05) is 6.61 Å². The number of hydrogen-bond donors (Lipinski definition) is 0. The van der Waals surface area contributed by atoms with Gasteiger partial charge in [-0.3, -0.25) is 14.4 Å². The summed E-state index contributed by atoms with van der Waals surface area (Å²) in [5, 5.41) is 0. The first-order valence-electron chi connectivity index (χ1n) is 11.9. The third-order valence-corrected chi connectivity index (χ3v) is 7.32. The van der Waals surface area contributed by atoms with Gasteiger partial charge in [0.05, 0.1) is 6.61 Å². The molecule has 3 aliphatic heterocycles. The van der Waals surface area contributed by atoms with Gasteiger partial charge < -0.3 is 18.9 Å². The van der Waals surface area contributed by atoms with Gasteiger partial charge in [-0.1, -0.05) is 38.2 Å². The fourth-order valence-electron chi connectivity index (χ4n) is 5.62. The molecule has 5 atom stereocenters. The van der Waals surface area contributed by atoms with Crippen LogP contribution in [-0.4, -0.2) is 47.8 Å². The molecule has 3 heterocycles. The van der Waals surface area contributed by atoms with E-state index in [9.17, 15) is 19.2 Å². The summed E-state index contributed by atoms with van der Waals surface area (Å²) < 4.78 is 22.4. The van der Waals surface area contributed by atoms with Crippen molar-refractivity contribution in [1.82, 2.24) is 0 Å². The zero-order chi connectivity index (χ0) is 23.8. The summed E-state index contributed by atoms with van der Waals surface area (Å²) >= 11 is 0. The topological polar surface area (TPSA) is 105 Å². The van der Waals surface area contributed by atoms with Crippen molar-refractivity contribution in [2.45, 2.75) is 89.6 Å². The highest BCUT2D eigenvalue weighted by Crippen LogP contribution is 2.52. The molecular weight excluding hydrogens is 428 g/mol. The second kappa shape index (κ2) is 9.05. The molecule has 0 saturated carbocycles. The molecule has 1 spiro atoms. The van der Waals surface area contributed by atoms with Gasteiger partial charge in [-0.25, -0.2) is 4.79 Å². The van der Waals surface area contributed by atoms with Gasteiger partial charge in [-0.15, -0.1) is 0 Å². The van der Waals surface area contributed by atoms with E-state index in [1.54, 1.807) is 13.0 Å². The predicted molar refractivity (Wildman–Crippen MR) is 116 cm³/mol. The van der Waals surface area contributed by atoms with Gasteiger partial charge in [-0.05, 0) is 32.3 Å². The van der Waals surface area contributed by atoms with E-state index >= 15 is 0 Å². The van der Waals surface area contributed by atoms with Crippen LogP contribution in [0, 0.1) is 11.8 Å². The van der Waals surface area contributed by atoms with Crippen LogP contribution in [0.25, 0.3) is 0 Å². The molecule has 180 valence electrons. The zero-order valence-electron chi connectivity index (χ0n) is 19.5. The van der Waals surface area contributed by atoms with E-state index in [4.69, 9.17) is 18.9 Å². The van der Waals surface area contributed by atoms with Gasteiger partial charge in [0, 0.05) is 30.9 Å². The summed E-state index contributed by atoms with van der Waals surface area (Å²) in [6, 6.07) is 0. The van der Waals surface area contributed by atoms with Crippen LogP contribution in [0.2, 0.25) is 0 Å². The van der Waals surface area contributed by atoms with Crippen molar-refractivity contribution in [3.05, 3.63) is 23.3 Å². The lowest BCUT2D eigenvalue weighted by molar-refractivity contribution is -0.199. The quantitative estimate of drug-likeness (QED) is 0.309. The maximum Gasteiger partial charge on any atom is 0.333 e. The molecule has 0 N–H and O–H groups in total. The summed E-state index contributed by atoms with van der Waals surface area (Å²) in [7, 11) is 0. The highest BCUT2D eigenvalue weighted by molar-refractivity contribution is 6.06. The summed E-state index contributed by atoms with van der Waals surface area (Å²) in [6.45, 7) is 5.11. The minimum absolute atomic E-state index is 0.0128. The van der Waals surface area contributed by atoms with Gasteiger partial charge in [0.1, 0.15) is 12.0 Å². The number of carbonyl (C=O) groups is 4. The standard InChI is InChI=1S/C25H32O8/c1-4-5-6-7-8-9-19(31-15(2)26)21-18-12-16-13-25(11-10-20(27)32-25)30-14-17(16)22(28)24(18,3)33-23(21)29/h10-11,18-19,21H,4-9,12-14H2,1-3H3/t18-,19?,21+,24-,25+/m1/s1. The lowest BCUT2D eigenvalue weighted by Gasteiger charge is -2.42. The molecule has 0 aromatic heterocycles. The Morgan fingerprint density at radius 1 is 1.18 bits per heavy atom. The maximum atomic E-state index is 13.5. The van der Waals surface area contributed by atoms with E-state index in [-0.39, 0.29) is 18.8 Å². The first-order valence-corrected chi connectivity index (χ1v) is 11.9. The Bertz CT molecular complexity index is 917. The molecule has 0 aromatic carbocycles. The molecule has 4 rings (SSSR count). The molecule has 1 fully saturated rings. The third kappa shape index (κ3) is 4.37.